The lowest BCUT2D eigenvalue weighted by atomic mass is 9.89. The Morgan fingerprint density at radius 1 is 1.14 bits per heavy atom. The van der Waals surface area contributed by atoms with Crippen LogP contribution in [-0.2, 0) is 16.0 Å². The van der Waals surface area contributed by atoms with Crippen LogP contribution >= 0.6 is 0 Å². The van der Waals surface area contributed by atoms with Gasteiger partial charge in [-0.1, -0.05) is 49.4 Å². The number of aryl methyl sites for hydroxylation is 2. The molecule has 1 aliphatic carbocycles. The maximum absolute atomic E-state index is 12.4. The van der Waals surface area contributed by atoms with Crippen LogP contribution in [0.25, 0.3) is 0 Å². The predicted octanol–water partition coefficient (Wildman–Crippen LogP) is 2.54. The summed E-state index contributed by atoms with van der Waals surface area (Å²) >= 11 is 0. The Morgan fingerprint density at radius 3 is 2.36 bits per heavy atom. The van der Waals surface area contributed by atoms with Gasteiger partial charge in [0, 0.05) is 0 Å². The maximum atomic E-state index is 12.4. The number of hydrogen-bond acceptors (Lipinski definition) is 2. The Labute approximate surface area is 132 Å². The van der Waals surface area contributed by atoms with Gasteiger partial charge >= 0.3 is 0 Å². The van der Waals surface area contributed by atoms with E-state index in [0.717, 1.165) is 42.4 Å². The molecular formula is C18H26N2O2. The highest BCUT2D eigenvalue weighted by Gasteiger charge is 2.38. The number of hydrogen-bond donors (Lipinski definition) is 2. The first kappa shape index (κ1) is 16.5. The highest BCUT2D eigenvalue weighted by Crippen LogP contribution is 2.27. The molecule has 1 aromatic rings. The van der Waals surface area contributed by atoms with Crippen LogP contribution in [0, 0.1) is 13.8 Å². The SMILES string of the molecule is Cc1ccc(C)c(CC(=O)NC2(C(N)=O)CCCCCC2)c1. The van der Waals surface area contributed by atoms with Crippen LogP contribution in [0.2, 0.25) is 0 Å². The zero-order chi connectivity index (χ0) is 16.2. The van der Waals surface area contributed by atoms with Gasteiger partial charge in [0.15, 0.2) is 0 Å². The first-order valence-electron chi connectivity index (χ1n) is 8.10. The molecule has 3 N–H and O–H groups in total. The molecule has 1 fully saturated rings. The third kappa shape index (κ3) is 3.87. The molecule has 2 rings (SSSR count). The van der Waals surface area contributed by atoms with Gasteiger partial charge in [-0.15, -0.1) is 0 Å². The molecule has 0 aliphatic heterocycles. The Bertz CT molecular complexity index is 558. The fraction of sp³-hybridized carbons (Fsp3) is 0.556. The second-order valence-electron chi connectivity index (χ2n) is 6.52. The van der Waals surface area contributed by atoms with E-state index in [1.165, 1.54) is 0 Å². The number of benzene rings is 1. The van der Waals surface area contributed by atoms with Crippen LogP contribution < -0.4 is 11.1 Å². The molecule has 0 bridgehead atoms. The minimum Gasteiger partial charge on any atom is -0.368 e. The summed E-state index contributed by atoms with van der Waals surface area (Å²) in [7, 11) is 0. The Balaban J connectivity index is 2.11. The van der Waals surface area contributed by atoms with Crippen LogP contribution in [0.5, 0.6) is 0 Å². The van der Waals surface area contributed by atoms with E-state index in [2.05, 4.69) is 5.32 Å². The number of nitrogens with one attached hydrogen (secondary N) is 1. The molecule has 2 amide bonds. The van der Waals surface area contributed by atoms with Crippen molar-refractivity contribution < 1.29 is 9.59 Å². The number of primary amides is 1. The molecular weight excluding hydrogens is 276 g/mol. The van der Waals surface area contributed by atoms with E-state index in [-0.39, 0.29) is 5.91 Å². The van der Waals surface area contributed by atoms with Crippen molar-refractivity contribution in [3.63, 3.8) is 0 Å². The van der Waals surface area contributed by atoms with E-state index < -0.39 is 11.4 Å². The molecule has 120 valence electrons. The minimum atomic E-state index is -0.856. The van der Waals surface area contributed by atoms with Crippen molar-refractivity contribution in [2.24, 2.45) is 5.73 Å². The molecule has 0 atom stereocenters. The highest BCUT2D eigenvalue weighted by molar-refractivity contribution is 5.91. The summed E-state index contributed by atoms with van der Waals surface area (Å²) < 4.78 is 0. The van der Waals surface area contributed by atoms with Gasteiger partial charge in [-0.05, 0) is 37.8 Å². The van der Waals surface area contributed by atoms with Crippen molar-refractivity contribution in [2.45, 2.75) is 64.3 Å². The number of amides is 2. The van der Waals surface area contributed by atoms with E-state index in [0.29, 0.717) is 19.3 Å². The van der Waals surface area contributed by atoms with Crippen molar-refractivity contribution in [1.82, 2.24) is 5.32 Å². The molecule has 1 saturated carbocycles. The highest BCUT2D eigenvalue weighted by atomic mass is 16.2. The molecule has 0 spiro atoms. The van der Waals surface area contributed by atoms with Gasteiger partial charge < -0.3 is 11.1 Å². The van der Waals surface area contributed by atoms with Gasteiger partial charge in [0.1, 0.15) is 5.54 Å². The van der Waals surface area contributed by atoms with Gasteiger partial charge in [0.25, 0.3) is 0 Å². The second kappa shape index (κ2) is 6.95. The summed E-state index contributed by atoms with van der Waals surface area (Å²) in [6, 6.07) is 6.08. The van der Waals surface area contributed by atoms with Crippen molar-refractivity contribution in [3.05, 3.63) is 34.9 Å². The van der Waals surface area contributed by atoms with E-state index >= 15 is 0 Å². The summed E-state index contributed by atoms with van der Waals surface area (Å²) in [5.41, 5.74) is 7.99. The summed E-state index contributed by atoms with van der Waals surface area (Å²) in [6.45, 7) is 4.01. The molecule has 0 unspecified atom stereocenters. The van der Waals surface area contributed by atoms with Crippen LogP contribution in [0.3, 0.4) is 0 Å². The van der Waals surface area contributed by atoms with Crippen molar-refractivity contribution >= 4 is 11.8 Å². The third-order valence-corrected chi connectivity index (χ3v) is 4.66. The van der Waals surface area contributed by atoms with E-state index in [9.17, 15) is 9.59 Å². The average molecular weight is 302 g/mol. The molecule has 1 aromatic carbocycles. The van der Waals surface area contributed by atoms with E-state index in [1.807, 2.05) is 32.0 Å². The Morgan fingerprint density at radius 2 is 1.77 bits per heavy atom. The molecule has 4 heteroatoms. The molecule has 4 nitrogen and oxygen atoms in total. The normalized spacial score (nSPS) is 17.5. The van der Waals surface area contributed by atoms with Gasteiger partial charge in [0.2, 0.25) is 11.8 Å². The monoisotopic (exact) mass is 302 g/mol. The lowest BCUT2D eigenvalue weighted by molar-refractivity contribution is -0.131. The zero-order valence-electron chi connectivity index (χ0n) is 13.6. The lowest BCUT2D eigenvalue weighted by Gasteiger charge is -2.30. The number of nitrogens with two attached hydrogens (primary N) is 1. The average Bonchev–Trinajstić information content (AvgIpc) is 2.69. The number of carbonyl (C=O) groups excluding carboxylic acids is 2. The van der Waals surface area contributed by atoms with Gasteiger partial charge in [-0.3, -0.25) is 9.59 Å². The topological polar surface area (TPSA) is 72.2 Å². The molecule has 0 saturated heterocycles. The van der Waals surface area contributed by atoms with Crippen molar-refractivity contribution in [3.8, 4) is 0 Å². The fourth-order valence-corrected chi connectivity index (χ4v) is 3.24. The predicted molar refractivity (Wildman–Crippen MR) is 87.4 cm³/mol. The molecule has 1 aliphatic rings. The van der Waals surface area contributed by atoms with Crippen LogP contribution in [-0.4, -0.2) is 17.4 Å². The second-order valence-corrected chi connectivity index (χ2v) is 6.52. The molecule has 0 heterocycles. The largest absolute Gasteiger partial charge is 0.368 e. The van der Waals surface area contributed by atoms with E-state index in [1.54, 1.807) is 0 Å². The fourth-order valence-electron chi connectivity index (χ4n) is 3.24. The summed E-state index contributed by atoms with van der Waals surface area (Å²) in [4.78, 5) is 24.4. The molecule has 0 radical (unpaired) electrons. The number of carbonyl (C=O) groups is 2. The smallest absolute Gasteiger partial charge is 0.243 e. The molecule has 0 aromatic heterocycles. The third-order valence-electron chi connectivity index (χ3n) is 4.66. The van der Waals surface area contributed by atoms with Gasteiger partial charge in [-0.2, -0.15) is 0 Å². The first-order chi connectivity index (χ1) is 10.4. The van der Waals surface area contributed by atoms with Crippen LogP contribution in [0.4, 0.5) is 0 Å². The summed E-state index contributed by atoms with van der Waals surface area (Å²) in [5, 5.41) is 2.95. The number of rotatable bonds is 4. The summed E-state index contributed by atoms with van der Waals surface area (Å²) in [6.07, 6.45) is 5.67. The van der Waals surface area contributed by atoms with Crippen LogP contribution in [0.15, 0.2) is 18.2 Å². The van der Waals surface area contributed by atoms with Gasteiger partial charge in [0.05, 0.1) is 6.42 Å². The molecule has 22 heavy (non-hydrogen) atoms. The Kier molecular flexibility index (Phi) is 5.22. The van der Waals surface area contributed by atoms with Crippen LogP contribution in [0.1, 0.15) is 55.2 Å². The van der Waals surface area contributed by atoms with Crippen molar-refractivity contribution in [1.29, 1.82) is 0 Å². The first-order valence-corrected chi connectivity index (χ1v) is 8.10. The van der Waals surface area contributed by atoms with Crippen molar-refractivity contribution in [2.75, 3.05) is 0 Å². The quantitative estimate of drug-likeness (QED) is 0.839. The minimum absolute atomic E-state index is 0.116. The Hall–Kier alpha value is -1.84. The van der Waals surface area contributed by atoms with Gasteiger partial charge in [-0.25, -0.2) is 0 Å². The zero-order valence-corrected chi connectivity index (χ0v) is 13.6. The maximum Gasteiger partial charge on any atom is 0.243 e. The lowest BCUT2D eigenvalue weighted by Crippen LogP contribution is -2.57. The standard InChI is InChI=1S/C18H26N2O2/c1-13-7-8-14(2)15(11-13)12-16(21)20-18(17(19)22)9-5-3-4-6-10-18/h7-8,11H,3-6,9-10,12H2,1-2H3,(H2,19,22)(H,20,21). The summed E-state index contributed by atoms with van der Waals surface area (Å²) in [5.74, 6) is -0.516. The van der Waals surface area contributed by atoms with E-state index in [4.69, 9.17) is 5.73 Å².